The number of carbonyl (C=O) groups excluding carboxylic acids is 1. The highest BCUT2D eigenvalue weighted by atomic mass is 16.5. The molecule has 0 unspecified atom stereocenters. The normalized spacial score (nSPS) is 31.9. The van der Waals surface area contributed by atoms with Crippen LogP contribution >= 0.6 is 0 Å². The first-order valence-corrected chi connectivity index (χ1v) is 6.48. The Hall–Kier alpha value is -1.84. The molecule has 2 fully saturated rings. The molecule has 100 valence electrons. The molecule has 4 heteroatoms. The van der Waals surface area contributed by atoms with Crippen LogP contribution in [0.25, 0.3) is 0 Å². The summed E-state index contributed by atoms with van der Waals surface area (Å²) in [5.41, 5.74) is 0.380. The van der Waals surface area contributed by atoms with Crippen molar-refractivity contribution in [2.24, 2.45) is 17.3 Å². The van der Waals surface area contributed by atoms with E-state index < -0.39 is 17.3 Å². The van der Waals surface area contributed by atoms with Crippen molar-refractivity contribution in [2.45, 2.75) is 19.3 Å². The van der Waals surface area contributed by atoms with E-state index in [-0.39, 0.29) is 11.7 Å². The van der Waals surface area contributed by atoms with E-state index in [1.165, 1.54) is 0 Å². The Labute approximate surface area is 111 Å². The van der Waals surface area contributed by atoms with E-state index >= 15 is 0 Å². The molecule has 1 aromatic rings. The lowest BCUT2D eigenvalue weighted by Crippen LogP contribution is -2.22. The number of carboxylic acid groups (broad SMARTS) is 1. The SMILES string of the molecule is COc1ccc(C[C@@]23C(=O)CC[C@H]2[C@H]3C(=O)O)cc1. The van der Waals surface area contributed by atoms with E-state index in [2.05, 4.69) is 0 Å². The average molecular weight is 260 g/mol. The molecule has 19 heavy (non-hydrogen) atoms. The van der Waals surface area contributed by atoms with Gasteiger partial charge in [-0.25, -0.2) is 0 Å². The fourth-order valence-corrected chi connectivity index (χ4v) is 3.66. The molecular weight excluding hydrogens is 244 g/mol. The molecule has 3 atom stereocenters. The Morgan fingerprint density at radius 1 is 1.42 bits per heavy atom. The Balaban J connectivity index is 1.84. The molecule has 3 rings (SSSR count). The quantitative estimate of drug-likeness (QED) is 0.898. The lowest BCUT2D eigenvalue weighted by atomic mass is 9.90. The van der Waals surface area contributed by atoms with Crippen molar-refractivity contribution < 1.29 is 19.4 Å². The zero-order valence-electron chi connectivity index (χ0n) is 10.8. The van der Waals surface area contributed by atoms with Crippen LogP contribution in [0.15, 0.2) is 24.3 Å². The van der Waals surface area contributed by atoms with Gasteiger partial charge in [-0.3, -0.25) is 9.59 Å². The average Bonchev–Trinajstić information content (AvgIpc) is 2.95. The molecule has 0 bridgehead atoms. The highest BCUT2D eigenvalue weighted by Crippen LogP contribution is 2.67. The van der Waals surface area contributed by atoms with Crippen LogP contribution in [0.3, 0.4) is 0 Å². The van der Waals surface area contributed by atoms with Crippen LogP contribution in [0.1, 0.15) is 18.4 Å². The monoisotopic (exact) mass is 260 g/mol. The van der Waals surface area contributed by atoms with Gasteiger partial charge in [-0.05, 0) is 36.5 Å². The van der Waals surface area contributed by atoms with Crippen LogP contribution in [0, 0.1) is 17.3 Å². The van der Waals surface area contributed by atoms with Gasteiger partial charge in [0.25, 0.3) is 0 Å². The minimum Gasteiger partial charge on any atom is -0.497 e. The summed E-state index contributed by atoms with van der Waals surface area (Å²) >= 11 is 0. The minimum atomic E-state index is -0.827. The molecule has 0 amide bonds. The second kappa shape index (κ2) is 4.08. The summed E-state index contributed by atoms with van der Waals surface area (Å²) in [6, 6.07) is 7.51. The number of fused-ring (bicyclic) bond motifs is 1. The Kier molecular flexibility index (Phi) is 2.62. The van der Waals surface area contributed by atoms with Crippen LogP contribution in [0.5, 0.6) is 5.75 Å². The van der Waals surface area contributed by atoms with E-state index in [1.54, 1.807) is 7.11 Å². The van der Waals surface area contributed by atoms with Gasteiger partial charge in [0.2, 0.25) is 0 Å². The molecule has 0 aliphatic heterocycles. The maximum Gasteiger partial charge on any atom is 0.307 e. The molecule has 0 saturated heterocycles. The third kappa shape index (κ3) is 1.66. The first-order valence-electron chi connectivity index (χ1n) is 6.48. The van der Waals surface area contributed by atoms with Crippen LogP contribution in [-0.2, 0) is 16.0 Å². The summed E-state index contributed by atoms with van der Waals surface area (Å²) in [6.07, 6.45) is 1.80. The summed E-state index contributed by atoms with van der Waals surface area (Å²) in [7, 11) is 1.60. The molecule has 0 heterocycles. The summed E-state index contributed by atoms with van der Waals surface area (Å²) in [6.45, 7) is 0. The number of hydrogen-bond donors (Lipinski definition) is 1. The maximum absolute atomic E-state index is 12.1. The zero-order chi connectivity index (χ0) is 13.6. The van der Waals surface area contributed by atoms with Crippen LogP contribution in [0.2, 0.25) is 0 Å². The van der Waals surface area contributed by atoms with Gasteiger partial charge in [0.05, 0.1) is 18.4 Å². The molecule has 0 spiro atoms. The van der Waals surface area contributed by atoms with Gasteiger partial charge in [-0.1, -0.05) is 12.1 Å². The Morgan fingerprint density at radius 2 is 2.11 bits per heavy atom. The van der Waals surface area contributed by atoms with Crippen molar-refractivity contribution in [1.82, 2.24) is 0 Å². The number of methoxy groups -OCH3 is 1. The number of Topliss-reactive ketones (excluding diaryl/α,β-unsaturated/α-hetero) is 1. The van der Waals surface area contributed by atoms with E-state index in [0.29, 0.717) is 12.8 Å². The van der Waals surface area contributed by atoms with Crippen LogP contribution < -0.4 is 4.74 Å². The third-order valence-electron chi connectivity index (χ3n) is 4.63. The number of aliphatic carboxylic acids is 1. The summed E-state index contributed by atoms with van der Waals surface area (Å²) in [5.74, 6) is -0.371. The highest BCUT2D eigenvalue weighted by Gasteiger charge is 2.74. The van der Waals surface area contributed by atoms with Crippen molar-refractivity contribution in [3.8, 4) is 5.75 Å². The van der Waals surface area contributed by atoms with Crippen LogP contribution in [-0.4, -0.2) is 24.0 Å². The van der Waals surface area contributed by atoms with Crippen LogP contribution in [0.4, 0.5) is 0 Å². The zero-order valence-corrected chi connectivity index (χ0v) is 10.8. The second-order valence-electron chi connectivity index (χ2n) is 5.45. The van der Waals surface area contributed by atoms with Crippen molar-refractivity contribution >= 4 is 11.8 Å². The second-order valence-corrected chi connectivity index (χ2v) is 5.45. The molecule has 1 aromatic carbocycles. The number of ether oxygens (including phenoxy) is 1. The summed E-state index contributed by atoms with van der Waals surface area (Å²) in [5, 5.41) is 9.23. The molecule has 2 saturated carbocycles. The molecule has 0 aromatic heterocycles. The largest absolute Gasteiger partial charge is 0.497 e. The molecular formula is C15H16O4. The van der Waals surface area contributed by atoms with E-state index in [4.69, 9.17) is 4.74 Å². The van der Waals surface area contributed by atoms with Gasteiger partial charge >= 0.3 is 5.97 Å². The molecule has 0 radical (unpaired) electrons. The Bertz CT molecular complexity index is 534. The first kappa shape index (κ1) is 12.2. The first-order chi connectivity index (χ1) is 9.09. The number of hydrogen-bond acceptors (Lipinski definition) is 3. The van der Waals surface area contributed by atoms with Gasteiger partial charge in [-0.15, -0.1) is 0 Å². The van der Waals surface area contributed by atoms with E-state index in [0.717, 1.165) is 17.7 Å². The van der Waals surface area contributed by atoms with Crippen molar-refractivity contribution in [3.05, 3.63) is 29.8 Å². The maximum atomic E-state index is 12.1. The number of carboxylic acids is 1. The minimum absolute atomic E-state index is 0.0413. The standard InChI is InChI=1S/C15H16O4/c1-19-10-4-2-9(3-5-10)8-15-11(6-7-12(15)16)13(15)14(17)18/h2-5,11,13H,6-8H2,1H3,(H,17,18)/t11-,13-,15-/m0/s1. The number of rotatable bonds is 4. The van der Waals surface area contributed by atoms with Crippen molar-refractivity contribution in [1.29, 1.82) is 0 Å². The van der Waals surface area contributed by atoms with Crippen molar-refractivity contribution in [3.63, 3.8) is 0 Å². The summed E-state index contributed by atoms with van der Waals surface area (Å²) < 4.78 is 5.09. The van der Waals surface area contributed by atoms with Gasteiger partial charge in [0.1, 0.15) is 11.5 Å². The van der Waals surface area contributed by atoms with Crippen molar-refractivity contribution in [2.75, 3.05) is 7.11 Å². The Morgan fingerprint density at radius 3 is 2.63 bits per heavy atom. The lowest BCUT2D eigenvalue weighted by Gasteiger charge is -2.13. The van der Waals surface area contributed by atoms with E-state index in [9.17, 15) is 14.7 Å². The smallest absolute Gasteiger partial charge is 0.307 e. The number of benzene rings is 1. The van der Waals surface area contributed by atoms with E-state index in [1.807, 2.05) is 24.3 Å². The van der Waals surface area contributed by atoms with Gasteiger partial charge in [-0.2, -0.15) is 0 Å². The fourth-order valence-electron chi connectivity index (χ4n) is 3.66. The molecule has 2 aliphatic rings. The lowest BCUT2D eigenvalue weighted by molar-refractivity contribution is -0.142. The predicted octanol–water partition coefficient (Wildman–Crippen LogP) is 1.92. The number of ketones is 1. The molecule has 4 nitrogen and oxygen atoms in total. The molecule has 1 N–H and O–H groups in total. The third-order valence-corrected chi connectivity index (χ3v) is 4.63. The number of carbonyl (C=O) groups is 2. The molecule has 2 aliphatic carbocycles. The van der Waals surface area contributed by atoms with Gasteiger partial charge < -0.3 is 9.84 Å². The fraction of sp³-hybridized carbons (Fsp3) is 0.467. The topological polar surface area (TPSA) is 63.6 Å². The summed E-state index contributed by atoms with van der Waals surface area (Å²) in [4.78, 5) is 23.3. The highest BCUT2D eigenvalue weighted by molar-refractivity contribution is 5.98. The van der Waals surface area contributed by atoms with Gasteiger partial charge in [0, 0.05) is 6.42 Å². The van der Waals surface area contributed by atoms with Gasteiger partial charge in [0.15, 0.2) is 0 Å². The predicted molar refractivity (Wildman–Crippen MR) is 68.0 cm³/mol.